The lowest BCUT2D eigenvalue weighted by atomic mass is 9.83. The average Bonchev–Trinajstić information content (AvgIpc) is 2.39. The topological polar surface area (TPSA) is 0 Å². The number of halogens is 2. The van der Waals surface area contributed by atoms with Crippen LogP contribution in [0.25, 0.3) is 0 Å². The zero-order chi connectivity index (χ0) is 11.4. The molecular formula is C14H18Cl2. The molecule has 0 aliphatic heterocycles. The molecule has 1 aliphatic rings. The second-order valence-corrected chi connectivity index (χ2v) is 5.16. The van der Waals surface area contributed by atoms with Crippen molar-refractivity contribution in [3.63, 3.8) is 0 Å². The van der Waals surface area contributed by atoms with Crippen LogP contribution in [0.2, 0.25) is 0 Å². The monoisotopic (exact) mass is 256 g/mol. The Hall–Kier alpha value is -0.200. The van der Waals surface area contributed by atoms with E-state index in [1.54, 1.807) is 0 Å². The molecule has 0 spiro atoms. The van der Waals surface area contributed by atoms with Gasteiger partial charge in [0.2, 0.25) is 0 Å². The summed E-state index contributed by atoms with van der Waals surface area (Å²) in [6.07, 6.45) is 6.82. The summed E-state index contributed by atoms with van der Waals surface area (Å²) in [5.41, 5.74) is 3.85. The molecule has 0 bridgehead atoms. The van der Waals surface area contributed by atoms with Crippen molar-refractivity contribution < 1.29 is 0 Å². The molecule has 2 heteroatoms. The molecule has 1 fully saturated rings. The van der Waals surface area contributed by atoms with Gasteiger partial charge < -0.3 is 0 Å². The van der Waals surface area contributed by atoms with E-state index in [0.29, 0.717) is 11.8 Å². The lowest BCUT2D eigenvalue weighted by Gasteiger charge is -2.22. The van der Waals surface area contributed by atoms with E-state index in [2.05, 4.69) is 18.2 Å². The maximum atomic E-state index is 5.96. The normalized spacial score (nSPS) is 17.6. The molecule has 0 aromatic heterocycles. The molecule has 0 heterocycles. The first-order chi connectivity index (χ1) is 7.85. The third-order valence-electron chi connectivity index (χ3n) is 3.59. The van der Waals surface area contributed by atoms with E-state index in [1.807, 2.05) is 0 Å². The highest BCUT2D eigenvalue weighted by Gasteiger charge is 2.16. The molecule has 1 aromatic rings. The summed E-state index contributed by atoms with van der Waals surface area (Å²) < 4.78 is 0. The minimum absolute atomic E-state index is 0.562. The minimum atomic E-state index is 0.562. The van der Waals surface area contributed by atoms with Gasteiger partial charge in [0.25, 0.3) is 0 Å². The van der Waals surface area contributed by atoms with Crippen molar-refractivity contribution in [2.45, 2.75) is 49.8 Å². The van der Waals surface area contributed by atoms with Gasteiger partial charge in [-0.25, -0.2) is 0 Å². The molecule has 0 atom stereocenters. The molecule has 0 amide bonds. The first kappa shape index (κ1) is 12.3. The third kappa shape index (κ3) is 2.73. The number of hydrogen-bond donors (Lipinski definition) is 0. The van der Waals surface area contributed by atoms with Crippen molar-refractivity contribution in [2.75, 3.05) is 0 Å². The number of hydrogen-bond acceptors (Lipinski definition) is 0. The van der Waals surface area contributed by atoms with Gasteiger partial charge in [0.1, 0.15) is 0 Å². The Morgan fingerprint density at radius 1 is 0.938 bits per heavy atom. The Morgan fingerprint density at radius 3 is 2.25 bits per heavy atom. The lowest BCUT2D eigenvalue weighted by Crippen LogP contribution is -2.05. The fourth-order valence-electron chi connectivity index (χ4n) is 2.59. The highest BCUT2D eigenvalue weighted by Crippen LogP contribution is 2.33. The van der Waals surface area contributed by atoms with E-state index in [0.717, 1.165) is 5.92 Å². The van der Waals surface area contributed by atoms with E-state index in [4.69, 9.17) is 23.2 Å². The van der Waals surface area contributed by atoms with Crippen LogP contribution >= 0.6 is 23.2 Å². The zero-order valence-corrected chi connectivity index (χ0v) is 11.0. The predicted molar refractivity (Wildman–Crippen MR) is 71.4 cm³/mol. The second kappa shape index (κ2) is 5.93. The van der Waals surface area contributed by atoms with Crippen molar-refractivity contribution in [3.8, 4) is 0 Å². The van der Waals surface area contributed by atoms with Crippen molar-refractivity contribution in [1.29, 1.82) is 0 Å². The van der Waals surface area contributed by atoms with Gasteiger partial charge in [-0.15, -0.1) is 23.2 Å². The summed E-state index contributed by atoms with van der Waals surface area (Å²) in [5.74, 6) is 1.88. The molecule has 0 nitrogen and oxygen atoms in total. The van der Waals surface area contributed by atoms with E-state index < -0.39 is 0 Å². The Morgan fingerprint density at radius 2 is 1.62 bits per heavy atom. The van der Waals surface area contributed by atoms with Gasteiger partial charge in [0.05, 0.1) is 0 Å². The van der Waals surface area contributed by atoms with Crippen LogP contribution in [0.1, 0.15) is 54.7 Å². The maximum Gasteiger partial charge on any atom is 0.0477 e. The van der Waals surface area contributed by atoms with Crippen molar-refractivity contribution in [3.05, 3.63) is 34.9 Å². The van der Waals surface area contributed by atoms with Crippen LogP contribution in [0.5, 0.6) is 0 Å². The Balaban J connectivity index is 2.20. The van der Waals surface area contributed by atoms with Gasteiger partial charge in [-0.1, -0.05) is 37.5 Å². The first-order valence-corrected chi connectivity index (χ1v) is 7.15. The molecule has 16 heavy (non-hydrogen) atoms. The average molecular weight is 257 g/mol. The second-order valence-electron chi connectivity index (χ2n) is 4.63. The van der Waals surface area contributed by atoms with E-state index >= 15 is 0 Å². The molecule has 0 saturated heterocycles. The van der Waals surface area contributed by atoms with E-state index in [9.17, 15) is 0 Å². The van der Waals surface area contributed by atoms with Crippen LogP contribution < -0.4 is 0 Å². The SMILES string of the molecule is ClCc1ccc(C2CCCCC2)cc1CCl. The number of alkyl halides is 2. The largest absolute Gasteiger partial charge is 0.122 e. The lowest BCUT2D eigenvalue weighted by molar-refractivity contribution is 0.443. The van der Waals surface area contributed by atoms with E-state index in [1.165, 1.54) is 48.8 Å². The van der Waals surface area contributed by atoms with Crippen LogP contribution in [0.3, 0.4) is 0 Å². The van der Waals surface area contributed by atoms with Crippen LogP contribution in [0.4, 0.5) is 0 Å². The molecule has 1 aliphatic carbocycles. The summed E-state index contributed by atoms with van der Waals surface area (Å²) in [4.78, 5) is 0. The maximum absolute atomic E-state index is 5.96. The Bertz CT molecular complexity index is 341. The molecule has 2 rings (SSSR count). The minimum Gasteiger partial charge on any atom is -0.122 e. The van der Waals surface area contributed by atoms with Gasteiger partial charge in [0, 0.05) is 11.8 Å². The molecular weight excluding hydrogens is 239 g/mol. The van der Waals surface area contributed by atoms with Crippen molar-refractivity contribution in [1.82, 2.24) is 0 Å². The van der Waals surface area contributed by atoms with Gasteiger partial charge in [-0.2, -0.15) is 0 Å². The van der Waals surface area contributed by atoms with Gasteiger partial charge in [-0.3, -0.25) is 0 Å². The smallest absolute Gasteiger partial charge is 0.0477 e. The quantitative estimate of drug-likeness (QED) is 0.652. The van der Waals surface area contributed by atoms with Crippen molar-refractivity contribution in [2.24, 2.45) is 0 Å². The van der Waals surface area contributed by atoms with Crippen LogP contribution in [-0.4, -0.2) is 0 Å². The number of benzene rings is 1. The first-order valence-electron chi connectivity index (χ1n) is 6.08. The fraction of sp³-hybridized carbons (Fsp3) is 0.571. The molecule has 88 valence electrons. The summed E-state index contributed by atoms with van der Waals surface area (Å²) in [5, 5.41) is 0. The Labute approximate surface area is 108 Å². The van der Waals surface area contributed by atoms with Crippen LogP contribution in [0, 0.1) is 0 Å². The van der Waals surface area contributed by atoms with Gasteiger partial charge in [-0.05, 0) is 35.4 Å². The van der Waals surface area contributed by atoms with Crippen LogP contribution in [-0.2, 0) is 11.8 Å². The summed E-state index contributed by atoms with van der Waals surface area (Å²) in [6.45, 7) is 0. The molecule has 0 N–H and O–H groups in total. The van der Waals surface area contributed by atoms with E-state index in [-0.39, 0.29) is 0 Å². The molecule has 0 radical (unpaired) electrons. The highest BCUT2D eigenvalue weighted by atomic mass is 35.5. The summed E-state index contributed by atoms with van der Waals surface area (Å²) >= 11 is 11.9. The predicted octanol–water partition coefficient (Wildman–Crippen LogP) is 5.21. The standard InChI is InChI=1S/C14H18Cl2/c15-9-13-7-6-12(8-14(13)10-16)11-4-2-1-3-5-11/h6-8,11H,1-5,9-10H2. The fourth-order valence-corrected chi connectivity index (χ4v) is 3.10. The zero-order valence-electron chi connectivity index (χ0n) is 9.52. The Kier molecular flexibility index (Phi) is 4.55. The van der Waals surface area contributed by atoms with Gasteiger partial charge >= 0.3 is 0 Å². The van der Waals surface area contributed by atoms with Crippen LogP contribution in [0.15, 0.2) is 18.2 Å². The van der Waals surface area contributed by atoms with Crippen molar-refractivity contribution >= 4 is 23.2 Å². The summed E-state index contributed by atoms with van der Waals surface area (Å²) in [7, 11) is 0. The highest BCUT2D eigenvalue weighted by molar-refractivity contribution is 6.18. The number of rotatable bonds is 3. The molecule has 0 unspecified atom stereocenters. The molecule has 1 aromatic carbocycles. The third-order valence-corrected chi connectivity index (χ3v) is 4.17. The van der Waals surface area contributed by atoms with Gasteiger partial charge in [0.15, 0.2) is 0 Å². The molecule has 1 saturated carbocycles. The summed E-state index contributed by atoms with van der Waals surface area (Å²) in [6, 6.07) is 6.65.